The Morgan fingerprint density at radius 2 is 0.956 bits per heavy atom. The molecule has 0 fully saturated rings. The Kier molecular flexibility index (Phi) is 41.9. The Balaban J connectivity index is 0.000000198. The van der Waals surface area contributed by atoms with Crippen LogP contribution in [-0.2, 0) is 64.6 Å². The van der Waals surface area contributed by atoms with Gasteiger partial charge in [-0.25, -0.2) is 32.3 Å². The van der Waals surface area contributed by atoms with Crippen LogP contribution in [0.3, 0.4) is 0 Å². The molecule has 31 heteroatoms. The number of carbonyl (C=O) groups is 2. The minimum atomic E-state index is -0.555. The largest absolute Gasteiger partial charge is 0.445 e. The lowest BCUT2D eigenvalue weighted by Gasteiger charge is -2.15. The molecule has 11 N–H and O–H groups in total. The Morgan fingerprint density at radius 1 is 0.529 bits per heavy atom. The number of aromatic amines is 2. The van der Waals surface area contributed by atoms with Crippen molar-refractivity contribution in [1.82, 2.24) is 43.9 Å². The molecule has 0 bridgehead atoms. The van der Waals surface area contributed by atoms with E-state index in [-0.39, 0.29) is 82.4 Å². The minimum absolute atomic E-state index is 0.00776. The molecule has 718 valence electrons. The van der Waals surface area contributed by atoms with Crippen LogP contribution in [0.15, 0.2) is 220 Å². The second-order valence-electron chi connectivity index (χ2n) is 33.8. The van der Waals surface area contributed by atoms with Gasteiger partial charge >= 0.3 is 23.2 Å². The van der Waals surface area contributed by atoms with Crippen LogP contribution in [0.2, 0.25) is 15.1 Å². The summed E-state index contributed by atoms with van der Waals surface area (Å²) in [6.07, 6.45) is 24.2. The van der Waals surface area contributed by atoms with Gasteiger partial charge < -0.3 is 61.9 Å². The molecule has 5 atom stereocenters. The van der Waals surface area contributed by atoms with E-state index in [1.54, 1.807) is 104 Å². The number of terminal acetylenes is 1. The van der Waals surface area contributed by atoms with E-state index in [4.69, 9.17) is 77.4 Å². The minimum Gasteiger partial charge on any atom is -0.445 e. The molecule has 0 radical (unpaired) electrons. The van der Waals surface area contributed by atoms with Crippen LogP contribution in [0.25, 0.3) is 61.6 Å². The van der Waals surface area contributed by atoms with Crippen LogP contribution in [0.1, 0.15) is 194 Å². The summed E-state index contributed by atoms with van der Waals surface area (Å²) in [6.45, 7) is 18.5. The number of benzene rings is 8. The number of nitrogens with two attached hydrogens (primary N) is 3. The van der Waals surface area contributed by atoms with Crippen LogP contribution >= 0.6 is 57.4 Å². The Bertz CT molecular complexity index is 6350. The first-order chi connectivity index (χ1) is 65.4. The second-order valence-corrected chi connectivity index (χ2v) is 36.1. The number of guanidine groups is 1. The standard InChI is InChI=1S/C38H42ClFN4O4.C29H35ClFN7O3.C24H26IN3O3.C14H16ClF/c1-4-10-31(5-2)47-23-27-15-17-30(18-16-27)44-22-29-21-34(42-36(29)43-37(44)45)32-19-28(20-33(39)35(32)40)14-9-11-25(3)41-38(46)48-24-26-12-7-6-8-13-26;1-17(32)3-2-4-19-11-23(26(31)24(30)12-19)25-13-20-14-38(29(40)37-27(20)36-25)21-7-5-18(6-8-21)16-41-22(15-39)9-10-35-28(33)34;1-3-8-20(4-2)31-16-17-11-13-19(14-12-17)28-15-21(25)22(27-24(28)30)26-23(29)18-9-6-5-7-10-18;1-4-12-8-11(7-5-6-10(2)3)9-13(15)14(12)16/h6-8,12-13,15-22,25,31H,4-5,9-11,14,23-24H2,1-3H3,(H,41,46)(H,42,43,45);5-8,11-14,17,22,39H,2-4,9-10,15-16,32H2,1H3,(H4,33,34,35)(H,36,37,40);5-7,9-15,20H,3-4,8,16H2,1-2H3,(H,26,27,29,30);1,8-10H,5-7H2,2-3H3/t25-,31-;17-,22+;20-;/m000./s1. The quantitative estimate of drug-likeness (QED) is 0.00764. The summed E-state index contributed by atoms with van der Waals surface area (Å²) in [4.78, 5) is 85.6. The molecule has 13 rings (SSSR count). The highest BCUT2D eigenvalue weighted by atomic mass is 127. The fourth-order valence-corrected chi connectivity index (χ4v) is 16.2. The maximum Gasteiger partial charge on any atom is 0.407 e. The molecule has 2 amide bonds. The lowest BCUT2D eigenvalue weighted by Crippen LogP contribution is -2.33. The number of ether oxygens (including phenoxy) is 4. The highest BCUT2D eigenvalue weighted by Gasteiger charge is 2.22. The number of aliphatic imine (C=N–C) groups is 1. The van der Waals surface area contributed by atoms with Crippen molar-refractivity contribution in [3.63, 3.8) is 0 Å². The summed E-state index contributed by atoms with van der Waals surface area (Å²) in [5.74, 6) is 1.35. The molecular formula is C105H119Cl3F3IN14O10. The van der Waals surface area contributed by atoms with Crippen molar-refractivity contribution in [2.24, 2.45) is 28.1 Å². The van der Waals surface area contributed by atoms with Crippen molar-refractivity contribution in [2.45, 2.75) is 215 Å². The molecule has 8 aromatic carbocycles. The summed E-state index contributed by atoms with van der Waals surface area (Å²) in [5.41, 5.74) is 26.7. The Morgan fingerprint density at radius 3 is 1.40 bits per heavy atom. The number of hydrogen-bond donors (Lipinski definition) is 8. The zero-order valence-corrected chi connectivity index (χ0v) is 82.2. The van der Waals surface area contributed by atoms with Crippen LogP contribution in [0.4, 0.5) is 23.8 Å². The normalized spacial score (nSPS) is 12.3. The number of rotatable bonds is 41. The first kappa shape index (κ1) is 106. The number of fused-ring (bicyclic) bond motifs is 2. The number of alkyl carbamates (subject to hydrolysis) is 1. The lowest BCUT2D eigenvalue weighted by molar-refractivity contribution is -0.000538. The highest BCUT2D eigenvalue weighted by molar-refractivity contribution is 14.1. The molecule has 24 nitrogen and oxygen atoms in total. The van der Waals surface area contributed by atoms with E-state index < -0.39 is 46.7 Å². The van der Waals surface area contributed by atoms with Crippen molar-refractivity contribution < 1.29 is 46.8 Å². The maximum absolute atomic E-state index is 15.3. The molecule has 5 aromatic heterocycles. The average molecular weight is 2030 g/mol. The number of aliphatic hydroxyl groups is 1. The first-order valence-electron chi connectivity index (χ1n) is 45.8. The van der Waals surface area contributed by atoms with Crippen LogP contribution < -0.4 is 44.9 Å². The lowest BCUT2D eigenvalue weighted by atomic mass is 10.0. The monoisotopic (exact) mass is 2020 g/mol. The number of anilines is 1. The van der Waals surface area contributed by atoms with Gasteiger partial charge in [-0.3, -0.25) is 23.5 Å². The summed E-state index contributed by atoms with van der Waals surface area (Å²) in [6, 6.07) is 54.5. The summed E-state index contributed by atoms with van der Waals surface area (Å²) < 4.78 is 71.8. The van der Waals surface area contributed by atoms with E-state index in [1.165, 1.54) is 13.7 Å². The maximum atomic E-state index is 15.3. The number of halogens is 7. The molecule has 5 heterocycles. The number of amides is 2. The third kappa shape index (κ3) is 32.2. The summed E-state index contributed by atoms with van der Waals surface area (Å²) >= 11 is 20.4. The zero-order chi connectivity index (χ0) is 97.9. The number of aliphatic hydroxyl groups excluding tert-OH is 1. The van der Waals surface area contributed by atoms with Crippen molar-refractivity contribution >= 4 is 103 Å². The van der Waals surface area contributed by atoms with E-state index in [0.29, 0.717) is 116 Å². The summed E-state index contributed by atoms with van der Waals surface area (Å²) in [5, 5.41) is 16.6. The van der Waals surface area contributed by atoms with Crippen molar-refractivity contribution in [1.29, 1.82) is 0 Å². The van der Waals surface area contributed by atoms with E-state index in [1.807, 2.05) is 111 Å². The van der Waals surface area contributed by atoms with Gasteiger partial charge in [0.25, 0.3) is 5.91 Å². The van der Waals surface area contributed by atoms with Crippen LogP contribution in [-0.4, -0.2) is 105 Å². The van der Waals surface area contributed by atoms with E-state index in [9.17, 15) is 33.5 Å². The highest BCUT2D eigenvalue weighted by Crippen LogP contribution is 2.35. The fourth-order valence-electron chi connectivity index (χ4n) is 14.9. The van der Waals surface area contributed by atoms with Gasteiger partial charge in [0.2, 0.25) is 0 Å². The fraction of sp³-hybridized carbons (Fsp3) is 0.343. The van der Waals surface area contributed by atoms with Gasteiger partial charge in [0.15, 0.2) is 29.2 Å². The third-order valence-electron chi connectivity index (χ3n) is 22.4. The molecule has 0 aliphatic heterocycles. The topological polar surface area (TPSA) is 342 Å². The second kappa shape index (κ2) is 53.7. The molecule has 0 spiro atoms. The van der Waals surface area contributed by atoms with Crippen molar-refractivity contribution in [3.05, 3.63) is 318 Å². The summed E-state index contributed by atoms with van der Waals surface area (Å²) in [7, 11) is 0. The van der Waals surface area contributed by atoms with Gasteiger partial charge in [-0.2, -0.15) is 15.0 Å². The predicted molar refractivity (Wildman–Crippen MR) is 546 cm³/mol. The molecule has 0 aliphatic carbocycles. The van der Waals surface area contributed by atoms with Gasteiger partial charge in [0, 0.05) is 64.7 Å². The van der Waals surface area contributed by atoms with E-state index in [0.717, 1.165) is 122 Å². The van der Waals surface area contributed by atoms with Crippen LogP contribution in [0, 0.1) is 39.3 Å². The van der Waals surface area contributed by atoms with Crippen molar-refractivity contribution in [3.8, 4) is 51.9 Å². The number of hydrogen-bond acceptors (Lipinski definition) is 15. The molecule has 0 saturated carbocycles. The molecular weight excluding hydrogens is 1910 g/mol. The molecule has 0 aliphatic rings. The van der Waals surface area contributed by atoms with Crippen LogP contribution in [0.5, 0.6) is 0 Å². The average Bonchev–Trinajstić information content (AvgIpc) is 1.63. The number of aromatic nitrogens is 8. The number of H-pyrrole nitrogens is 2. The zero-order valence-electron chi connectivity index (χ0n) is 77.8. The van der Waals surface area contributed by atoms with Gasteiger partial charge in [0.05, 0.1) is 97.4 Å². The van der Waals surface area contributed by atoms with Crippen molar-refractivity contribution in [2.75, 3.05) is 18.5 Å². The number of nitrogens with one attached hydrogen (secondary N) is 4. The molecule has 13 aromatic rings. The van der Waals surface area contributed by atoms with Gasteiger partial charge in [-0.05, 0) is 262 Å². The van der Waals surface area contributed by atoms with Gasteiger partial charge in [-0.1, -0.05) is 186 Å². The number of nitrogens with zero attached hydrogens (tertiary/aromatic N) is 7. The SMILES string of the molecule is C#Cc1cc(CCCC(C)C)cc(Cl)c1F.CCC[C@H](CC)OCc1ccc(-n2cc(I)c(NC(=O)c3ccccc3)nc2=O)cc1.CCC[C@H](CC)OCc1ccc(-n2cc3cc(-c4cc(CCC[C@H](C)NC(=O)OCc5ccccc5)cc(Cl)c4F)[nH]c3nc2=O)cc1.C[C@H](N)CCCc1cc(Cl)c(F)c(-c2cc3cn(-c4ccc(CO[C@@H](CO)CCN=C(N)N)cc4)c(=O)nc3[nH]2)c1. The number of carbonyl (C=O) groups excluding carboxylic acids is 2. The smallest absolute Gasteiger partial charge is 0.407 e. The van der Waals surface area contributed by atoms with E-state index >= 15 is 8.78 Å². The van der Waals surface area contributed by atoms with Gasteiger partial charge in [0.1, 0.15) is 17.9 Å². The number of aryl methyl sites for hydroxylation is 3. The molecule has 0 saturated heterocycles. The third-order valence-corrected chi connectivity index (χ3v) is 24.0. The van der Waals surface area contributed by atoms with E-state index in [2.05, 4.69) is 111 Å². The van der Waals surface area contributed by atoms with Gasteiger partial charge in [-0.15, -0.1) is 6.42 Å². The molecule has 0 unspecified atom stereocenters. The molecule has 136 heavy (non-hydrogen) atoms. The Labute approximate surface area is 819 Å². The Hall–Kier alpha value is -11.8. The first-order valence-corrected chi connectivity index (χ1v) is 48.0. The predicted octanol–water partition coefficient (Wildman–Crippen LogP) is 21.9.